The molecule has 0 saturated carbocycles. The van der Waals surface area contributed by atoms with Crippen LogP contribution in [-0.4, -0.2) is 22.0 Å². The molecular weight excluding hydrogens is 308 g/mol. The zero-order chi connectivity index (χ0) is 17.2. The summed E-state index contributed by atoms with van der Waals surface area (Å²) in [7, 11) is 1.88. The van der Waals surface area contributed by atoms with Gasteiger partial charge in [-0.05, 0) is 34.9 Å². The van der Waals surface area contributed by atoms with Gasteiger partial charge in [0.25, 0.3) is 0 Å². The topological polar surface area (TPSA) is 50.7 Å². The van der Waals surface area contributed by atoms with Crippen molar-refractivity contribution in [3.8, 4) is 0 Å². The average molecular weight is 326 g/mol. The molecule has 1 aliphatic rings. The molecule has 4 rings (SSSR count). The zero-order valence-electron chi connectivity index (χ0n) is 14.0. The van der Waals surface area contributed by atoms with Crippen molar-refractivity contribution in [2.24, 2.45) is 0 Å². The molecular formula is C21H18N4. The van der Waals surface area contributed by atoms with E-state index >= 15 is 0 Å². The van der Waals surface area contributed by atoms with Gasteiger partial charge in [0.2, 0.25) is 0 Å². The molecule has 0 spiro atoms. The Morgan fingerprint density at radius 3 is 2.96 bits per heavy atom. The number of fused-ring (bicyclic) bond motifs is 2. The summed E-state index contributed by atoms with van der Waals surface area (Å²) in [5.41, 5.74) is 7.70. The predicted octanol–water partition coefficient (Wildman–Crippen LogP) is 3.76. The van der Waals surface area contributed by atoms with Crippen LogP contribution in [-0.2, 0) is 6.42 Å². The summed E-state index contributed by atoms with van der Waals surface area (Å²) in [6.45, 7) is 3.90. The molecule has 3 aromatic rings. The number of benzene rings is 1. The maximum atomic E-state index is 4.66. The van der Waals surface area contributed by atoms with Crippen LogP contribution in [0, 0.1) is 0 Å². The highest BCUT2D eigenvalue weighted by molar-refractivity contribution is 5.90. The molecule has 122 valence electrons. The summed E-state index contributed by atoms with van der Waals surface area (Å²) in [6, 6.07) is 8.48. The van der Waals surface area contributed by atoms with Crippen molar-refractivity contribution >= 4 is 22.0 Å². The number of rotatable bonds is 4. The Labute approximate surface area is 146 Å². The van der Waals surface area contributed by atoms with Crippen LogP contribution in [0.25, 0.3) is 22.0 Å². The summed E-state index contributed by atoms with van der Waals surface area (Å²) in [6.07, 6.45) is 12.2. The van der Waals surface area contributed by atoms with E-state index in [0.717, 1.165) is 39.7 Å². The van der Waals surface area contributed by atoms with Gasteiger partial charge in [-0.1, -0.05) is 24.8 Å². The molecule has 4 nitrogen and oxygen atoms in total. The molecule has 0 fully saturated rings. The highest BCUT2D eigenvalue weighted by Crippen LogP contribution is 2.34. The second-order valence-corrected chi connectivity index (χ2v) is 5.93. The molecule has 0 saturated heterocycles. The zero-order valence-corrected chi connectivity index (χ0v) is 14.0. The first-order valence-electron chi connectivity index (χ1n) is 8.20. The lowest BCUT2D eigenvalue weighted by atomic mass is 9.97. The second kappa shape index (κ2) is 6.32. The quantitative estimate of drug-likeness (QED) is 0.742. The Hall–Kier alpha value is -3.27. The molecule has 0 atom stereocenters. The number of nitrogens with zero attached hydrogens (tertiary/aromatic N) is 3. The first kappa shape index (κ1) is 15.3. The molecule has 1 aliphatic carbocycles. The van der Waals surface area contributed by atoms with Gasteiger partial charge in [0, 0.05) is 48.6 Å². The Bertz CT molecular complexity index is 1030. The number of aromatic nitrogens is 3. The van der Waals surface area contributed by atoms with Gasteiger partial charge in [-0.3, -0.25) is 4.98 Å². The number of nitrogens with one attached hydrogen (secondary N) is 1. The number of hydrogen-bond donors (Lipinski definition) is 1. The Morgan fingerprint density at radius 2 is 2.12 bits per heavy atom. The molecule has 0 aliphatic heterocycles. The van der Waals surface area contributed by atoms with Gasteiger partial charge in [-0.2, -0.15) is 0 Å². The van der Waals surface area contributed by atoms with Crippen LogP contribution in [0.4, 0.5) is 0 Å². The second-order valence-electron chi connectivity index (χ2n) is 5.93. The van der Waals surface area contributed by atoms with Crippen LogP contribution in [0.5, 0.6) is 0 Å². The summed E-state index contributed by atoms with van der Waals surface area (Å²) in [4.78, 5) is 13.1. The van der Waals surface area contributed by atoms with E-state index in [-0.39, 0.29) is 0 Å². The molecule has 0 bridgehead atoms. The van der Waals surface area contributed by atoms with Gasteiger partial charge in [-0.15, -0.1) is 0 Å². The monoisotopic (exact) mass is 326 g/mol. The van der Waals surface area contributed by atoms with Crippen LogP contribution in [0.1, 0.15) is 22.4 Å². The van der Waals surface area contributed by atoms with Crippen molar-refractivity contribution < 1.29 is 0 Å². The van der Waals surface area contributed by atoms with Gasteiger partial charge in [0.1, 0.15) is 6.33 Å². The van der Waals surface area contributed by atoms with E-state index in [0.29, 0.717) is 0 Å². The Morgan fingerprint density at radius 1 is 1.20 bits per heavy atom. The molecule has 25 heavy (non-hydrogen) atoms. The molecule has 1 aromatic carbocycles. The average Bonchev–Trinajstić information content (AvgIpc) is 3.09. The van der Waals surface area contributed by atoms with Crippen LogP contribution in [0.3, 0.4) is 0 Å². The van der Waals surface area contributed by atoms with E-state index in [4.69, 9.17) is 0 Å². The Kier molecular flexibility index (Phi) is 3.86. The van der Waals surface area contributed by atoms with Crippen molar-refractivity contribution in [3.63, 3.8) is 0 Å². The van der Waals surface area contributed by atoms with E-state index in [1.54, 1.807) is 6.33 Å². The maximum absolute atomic E-state index is 4.66. The summed E-state index contributed by atoms with van der Waals surface area (Å²) >= 11 is 0. The van der Waals surface area contributed by atoms with E-state index in [1.165, 1.54) is 11.1 Å². The van der Waals surface area contributed by atoms with Crippen LogP contribution in [0.15, 0.2) is 67.9 Å². The standard InChI is InChI=1S/C21H18N4/c1-3-14(10-22-2)16-9-19-18(5-7-21(19)24-12-16)15-4-6-20-17(8-15)11-23-13-25-20/h3-6,8-13,22H,1,7H2,2H3/b14-10+. The maximum Gasteiger partial charge on any atom is 0.116 e. The third-order valence-electron chi connectivity index (χ3n) is 4.43. The third kappa shape index (κ3) is 2.72. The van der Waals surface area contributed by atoms with Crippen LogP contribution in [0.2, 0.25) is 0 Å². The summed E-state index contributed by atoms with van der Waals surface area (Å²) < 4.78 is 0. The van der Waals surface area contributed by atoms with Crippen molar-refractivity contribution in [3.05, 3.63) is 90.3 Å². The van der Waals surface area contributed by atoms with Crippen LogP contribution < -0.4 is 5.32 Å². The van der Waals surface area contributed by atoms with Crippen molar-refractivity contribution in [1.82, 2.24) is 20.3 Å². The smallest absolute Gasteiger partial charge is 0.116 e. The van der Waals surface area contributed by atoms with Crippen molar-refractivity contribution in [2.45, 2.75) is 6.42 Å². The number of allylic oxidation sites excluding steroid dienone is 3. The molecule has 2 aromatic heterocycles. The van der Waals surface area contributed by atoms with E-state index in [9.17, 15) is 0 Å². The Balaban J connectivity index is 1.79. The number of pyridine rings is 1. The fraction of sp³-hybridized carbons (Fsp3) is 0.0952. The largest absolute Gasteiger partial charge is 0.393 e. The minimum Gasteiger partial charge on any atom is -0.393 e. The molecule has 0 unspecified atom stereocenters. The first-order chi connectivity index (χ1) is 12.3. The minimum absolute atomic E-state index is 0.855. The highest BCUT2D eigenvalue weighted by Gasteiger charge is 2.18. The first-order valence-corrected chi connectivity index (χ1v) is 8.20. The van der Waals surface area contributed by atoms with Crippen molar-refractivity contribution in [2.75, 3.05) is 7.05 Å². The summed E-state index contributed by atoms with van der Waals surface area (Å²) in [5, 5.41) is 4.10. The fourth-order valence-electron chi connectivity index (χ4n) is 3.20. The lowest BCUT2D eigenvalue weighted by molar-refractivity contribution is 1.10. The number of hydrogen-bond acceptors (Lipinski definition) is 4. The summed E-state index contributed by atoms with van der Waals surface area (Å²) in [5.74, 6) is 0. The van der Waals surface area contributed by atoms with E-state index < -0.39 is 0 Å². The van der Waals surface area contributed by atoms with Gasteiger partial charge < -0.3 is 5.32 Å². The van der Waals surface area contributed by atoms with E-state index in [2.05, 4.69) is 51.1 Å². The van der Waals surface area contributed by atoms with Gasteiger partial charge in [0.15, 0.2) is 0 Å². The minimum atomic E-state index is 0.855. The lowest BCUT2D eigenvalue weighted by Gasteiger charge is -2.10. The predicted molar refractivity (Wildman–Crippen MR) is 102 cm³/mol. The third-order valence-corrected chi connectivity index (χ3v) is 4.43. The van der Waals surface area contributed by atoms with Crippen LogP contribution >= 0.6 is 0 Å². The SMILES string of the molecule is C=C/C(=C\NC)c1cnc2c(c1)C(c1ccc3ncncc3c1)=CC2. The van der Waals surface area contributed by atoms with Gasteiger partial charge in [-0.25, -0.2) is 9.97 Å². The van der Waals surface area contributed by atoms with E-state index in [1.807, 2.05) is 37.8 Å². The van der Waals surface area contributed by atoms with Gasteiger partial charge in [0.05, 0.1) is 11.2 Å². The molecule has 4 heteroatoms. The molecule has 0 amide bonds. The van der Waals surface area contributed by atoms with Crippen molar-refractivity contribution in [1.29, 1.82) is 0 Å². The molecule has 0 radical (unpaired) electrons. The fourth-order valence-corrected chi connectivity index (χ4v) is 3.20. The molecule has 1 N–H and O–H groups in total. The molecule has 2 heterocycles. The normalized spacial score (nSPS) is 13.5. The van der Waals surface area contributed by atoms with Gasteiger partial charge >= 0.3 is 0 Å². The lowest BCUT2D eigenvalue weighted by Crippen LogP contribution is -1.98. The highest BCUT2D eigenvalue weighted by atomic mass is 14.8.